The van der Waals surface area contributed by atoms with Gasteiger partial charge in [-0.3, -0.25) is 14.5 Å². The van der Waals surface area contributed by atoms with E-state index in [9.17, 15) is 22.8 Å². The summed E-state index contributed by atoms with van der Waals surface area (Å²) >= 11 is 1.61. The molecule has 0 spiro atoms. The first-order chi connectivity index (χ1) is 15.7. The minimum absolute atomic E-state index is 0.0322. The van der Waals surface area contributed by atoms with Crippen molar-refractivity contribution >= 4 is 23.3 Å². The highest BCUT2D eigenvalue weighted by molar-refractivity contribution is 7.05. The predicted octanol–water partition coefficient (Wildman–Crippen LogP) is 3.73. The first-order valence-corrected chi connectivity index (χ1v) is 11.9. The first kappa shape index (κ1) is 23.7. The molecule has 0 atom stereocenters. The number of carbonyl (C=O) groups excluding carboxylic acids is 2. The summed E-state index contributed by atoms with van der Waals surface area (Å²) in [5.41, 5.74) is 0.0615. The number of amides is 2. The number of hydrogen-bond donors (Lipinski definition) is 2. The van der Waals surface area contributed by atoms with Crippen molar-refractivity contribution < 1.29 is 22.8 Å². The number of rotatable bonds is 6. The molecule has 2 N–H and O–H groups in total. The highest BCUT2D eigenvalue weighted by Crippen LogP contribution is 2.37. The van der Waals surface area contributed by atoms with Gasteiger partial charge in [0, 0.05) is 29.6 Å². The van der Waals surface area contributed by atoms with E-state index in [0.717, 1.165) is 56.6 Å². The smallest absolute Gasteiger partial charge is 0.349 e. The Morgan fingerprint density at radius 1 is 1.15 bits per heavy atom. The molecule has 178 valence electrons. The van der Waals surface area contributed by atoms with Crippen molar-refractivity contribution in [2.75, 3.05) is 19.6 Å². The SMILES string of the molecule is Cc1cc(C2CCC(N3CC(NC(=O)CNC(=O)c4cccc(C(F)(F)F)c4)C3)CC2)sn1. The molecular formula is C23H27F3N4O2S. The Balaban J connectivity index is 1.15. The molecule has 33 heavy (non-hydrogen) atoms. The van der Waals surface area contributed by atoms with Crippen LogP contribution in [0.3, 0.4) is 0 Å². The molecule has 1 aromatic carbocycles. The normalized spacial score (nSPS) is 21.9. The molecule has 6 nitrogen and oxygen atoms in total. The van der Waals surface area contributed by atoms with Gasteiger partial charge in [0.2, 0.25) is 5.91 Å². The largest absolute Gasteiger partial charge is 0.416 e. The summed E-state index contributed by atoms with van der Waals surface area (Å²) in [6.45, 7) is 3.31. The van der Waals surface area contributed by atoms with Crippen molar-refractivity contribution in [3.05, 3.63) is 52.0 Å². The molecule has 2 aromatic rings. The third kappa shape index (κ3) is 5.92. The number of hydrogen-bond acceptors (Lipinski definition) is 5. The van der Waals surface area contributed by atoms with Crippen molar-refractivity contribution in [2.24, 2.45) is 0 Å². The molecule has 2 fully saturated rings. The molecule has 0 radical (unpaired) electrons. The lowest BCUT2D eigenvalue weighted by atomic mass is 9.83. The van der Waals surface area contributed by atoms with E-state index in [-0.39, 0.29) is 24.1 Å². The van der Waals surface area contributed by atoms with Gasteiger partial charge in [-0.05, 0) is 74.3 Å². The molecule has 1 aliphatic carbocycles. The average molecular weight is 481 g/mol. The van der Waals surface area contributed by atoms with Gasteiger partial charge in [-0.1, -0.05) is 6.07 Å². The monoisotopic (exact) mass is 480 g/mol. The summed E-state index contributed by atoms with van der Waals surface area (Å²) in [6.07, 6.45) is 0.0522. The van der Waals surface area contributed by atoms with Crippen LogP contribution in [-0.2, 0) is 11.0 Å². The van der Waals surface area contributed by atoms with Crippen LogP contribution in [-0.4, -0.2) is 52.8 Å². The second-order valence-electron chi connectivity index (χ2n) is 8.86. The van der Waals surface area contributed by atoms with Crippen molar-refractivity contribution in [2.45, 2.75) is 56.8 Å². The van der Waals surface area contributed by atoms with Gasteiger partial charge in [-0.15, -0.1) is 0 Å². The van der Waals surface area contributed by atoms with E-state index in [1.165, 1.54) is 17.0 Å². The van der Waals surface area contributed by atoms with Gasteiger partial charge in [-0.25, -0.2) is 0 Å². The zero-order valence-corrected chi connectivity index (χ0v) is 19.1. The van der Waals surface area contributed by atoms with E-state index >= 15 is 0 Å². The second kappa shape index (κ2) is 9.80. The van der Waals surface area contributed by atoms with Gasteiger partial charge in [0.05, 0.1) is 23.8 Å². The summed E-state index contributed by atoms with van der Waals surface area (Å²) < 4.78 is 42.8. The fourth-order valence-electron chi connectivity index (χ4n) is 4.58. The van der Waals surface area contributed by atoms with Gasteiger partial charge in [0.15, 0.2) is 0 Å². The number of alkyl halides is 3. The van der Waals surface area contributed by atoms with Crippen LogP contribution in [0.5, 0.6) is 0 Å². The fourth-order valence-corrected chi connectivity index (χ4v) is 5.49. The number of halogens is 3. The van der Waals surface area contributed by atoms with Crippen LogP contribution in [0.1, 0.15) is 58.1 Å². The van der Waals surface area contributed by atoms with E-state index in [1.54, 1.807) is 11.5 Å². The Bertz CT molecular complexity index is 996. The molecular weight excluding hydrogens is 453 g/mol. The zero-order valence-electron chi connectivity index (χ0n) is 18.3. The Morgan fingerprint density at radius 3 is 2.52 bits per heavy atom. The number of aryl methyl sites for hydroxylation is 1. The molecule has 1 saturated heterocycles. The van der Waals surface area contributed by atoms with Gasteiger partial charge >= 0.3 is 6.18 Å². The van der Waals surface area contributed by atoms with Crippen LogP contribution in [0, 0.1) is 6.92 Å². The van der Waals surface area contributed by atoms with Crippen molar-refractivity contribution in [1.29, 1.82) is 0 Å². The topological polar surface area (TPSA) is 74.3 Å². The van der Waals surface area contributed by atoms with Gasteiger partial charge < -0.3 is 10.6 Å². The molecule has 0 bridgehead atoms. The Hall–Kier alpha value is -2.46. The lowest BCUT2D eigenvalue weighted by molar-refractivity contribution is -0.137. The van der Waals surface area contributed by atoms with Gasteiger partial charge in [0.25, 0.3) is 5.91 Å². The number of benzene rings is 1. The van der Waals surface area contributed by atoms with Crippen LogP contribution in [0.15, 0.2) is 30.3 Å². The molecule has 1 saturated carbocycles. The van der Waals surface area contributed by atoms with Gasteiger partial charge in [-0.2, -0.15) is 17.5 Å². The number of nitrogens with one attached hydrogen (secondary N) is 2. The molecule has 2 heterocycles. The minimum atomic E-state index is -4.52. The fraction of sp³-hybridized carbons (Fsp3) is 0.522. The Morgan fingerprint density at radius 2 is 1.88 bits per heavy atom. The summed E-state index contributed by atoms with van der Waals surface area (Å²) in [5.74, 6) is -0.451. The van der Waals surface area contributed by atoms with E-state index in [2.05, 4.69) is 26.0 Å². The maximum atomic E-state index is 12.8. The molecule has 1 aliphatic heterocycles. The summed E-state index contributed by atoms with van der Waals surface area (Å²) in [5, 5.41) is 5.27. The van der Waals surface area contributed by atoms with Crippen LogP contribution < -0.4 is 10.6 Å². The maximum Gasteiger partial charge on any atom is 0.416 e. The van der Waals surface area contributed by atoms with E-state index in [0.29, 0.717) is 12.0 Å². The second-order valence-corrected chi connectivity index (χ2v) is 9.69. The molecule has 2 amide bonds. The lowest BCUT2D eigenvalue weighted by Gasteiger charge is -2.46. The predicted molar refractivity (Wildman–Crippen MR) is 119 cm³/mol. The van der Waals surface area contributed by atoms with E-state index in [1.807, 2.05) is 6.92 Å². The third-order valence-corrected chi connectivity index (χ3v) is 7.44. The standard InChI is InChI=1S/C23H27F3N4O2S/c1-14-9-20(33-29-14)15-5-7-19(8-6-15)30-12-18(13-30)28-21(31)11-27-22(32)16-3-2-4-17(10-16)23(24,25)26/h2-4,9-10,15,18-19H,5-8,11-13H2,1H3,(H,27,32)(H,28,31). The Kier molecular flexibility index (Phi) is 7.04. The molecule has 2 aliphatic rings. The van der Waals surface area contributed by atoms with Crippen molar-refractivity contribution in [3.63, 3.8) is 0 Å². The Labute approximate surface area is 194 Å². The summed E-state index contributed by atoms with van der Waals surface area (Å²) in [6, 6.07) is 6.90. The van der Waals surface area contributed by atoms with Gasteiger partial charge in [0.1, 0.15) is 0 Å². The minimum Gasteiger partial charge on any atom is -0.349 e. The molecule has 10 heteroatoms. The van der Waals surface area contributed by atoms with Crippen LogP contribution in [0.4, 0.5) is 13.2 Å². The number of aromatic nitrogens is 1. The molecule has 0 unspecified atom stereocenters. The third-order valence-electron chi connectivity index (χ3n) is 6.40. The number of carbonyl (C=O) groups is 2. The summed E-state index contributed by atoms with van der Waals surface area (Å²) in [4.78, 5) is 28.1. The van der Waals surface area contributed by atoms with Crippen LogP contribution >= 0.6 is 11.5 Å². The molecule has 4 rings (SSSR count). The van der Waals surface area contributed by atoms with Crippen molar-refractivity contribution in [1.82, 2.24) is 19.9 Å². The van der Waals surface area contributed by atoms with Crippen LogP contribution in [0.25, 0.3) is 0 Å². The number of likely N-dealkylation sites (tertiary alicyclic amines) is 1. The quantitative estimate of drug-likeness (QED) is 0.661. The van der Waals surface area contributed by atoms with E-state index in [4.69, 9.17) is 0 Å². The highest BCUT2D eigenvalue weighted by Gasteiger charge is 2.36. The maximum absolute atomic E-state index is 12.8. The van der Waals surface area contributed by atoms with Crippen molar-refractivity contribution in [3.8, 4) is 0 Å². The lowest BCUT2D eigenvalue weighted by Crippen LogP contribution is -2.63. The number of nitrogens with zero attached hydrogens (tertiary/aromatic N) is 2. The van der Waals surface area contributed by atoms with E-state index < -0.39 is 17.6 Å². The zero-order chi connectivity index (χ0) is 23.6. The molecule has 1 aromatic heterocycles. The van der Waals surface area contributed by atoms with Crippen LogP contribution in [0.2, 0.25) is 0 Å². The highest BCUT2D eigenvalue weighted by atomic mass is 32.1. The summed E-state index contributed by atoms with van der Waals surface area (Å²) in [7, 11) is 0. The average Bonchev–Trinajstić information content (AvgIpc) is 3.20. The first-order valence-electron chi connectivity index (χ1n) is 11.1.